The third kappa shape index (κ3) is 4.36. The first-order chi connectivity index (χ1) is 12.2. The first-order valence-corrected chi connectivity index (χ1v) is 9.14. The number of carbonyl (C=O) groups is 2. The summed E-state index contributed by atoms with van der Waals surface area (Å²) in [6, 6.07) is 0. The van der Waals surface area contributed by atoms with Gasteiger partial charge in [0, 0.05) is 39.1 Å². The molecule has 25 heavy (non-hydrogen) atoms. The maximum Gasteiger partial charge on any atom is 0.248 e. The molecule has 1 saturated heterocycles. The van der Waals surface area contributed by atoms with E-state index >= 15 is 0 Å². The molecule has 1 N–H and O–H groups in total. The van der Waals surface area contributed by atoms with Crippen LogP contribution in [-0.2, 0) is 33.8 Å². The summed E-state index contributed by atoms with van der Waals surface area (Å²) in [5, 5.41) is 11.5. The third-order valence-electron chi connectivity index (χ3n) is 5.09. The van der Waals surface area contributed by atoms with E-state index in [0.717, 1.165) is 37.5 Å². The van der Waals surface area contributed by atoms with Crippen LogP contribution < -0.4 is 5.32 Å². The number of fused-ring (bicyclic) bond motifs is 1. The van der Waals surface area contributed by atoms with Gasteiger partial charge in [-0.15, -0.1) is 10.2 Å². The average Bonchev–Trinajstić information content (AvgIpc) is 2.86. The number of hydrogen-bond donors (Lipinski definition) is 1. The predicted molar refractivity (Wildman–Crippen MR) is 90.6 cm³/mol. The van der Waals surface area contributed by atoms with Gasteiger partial charge >= 0.3 is 0 Å². The SMILES string of the molecule is COCC(=O)N1CCC(C(=O)NCc2nnc3n2CCCCC3)CC1. The van der Waals surface area contributed by atoms with Crippen LogP contribution >= 0.6 is 0 Å². The van der Waals surface area contributed by atoms with Gasteiger partial charge in [0.1, 0.15) is 12.4 Å². The van der Waals surface area contributed by atoms with Crippen molar-refractivity contribution in [3.63, 3.8) is 0 Å². The number of piperidine rings is 1. The second kappa shape index (κ2) is 8.42. The van der Waals surface area contributed by atoms with Crippen molar-refractivity contribution in [3.8, 4) is 0 Å². The number of carbonyl (C=O) groups excluding carboxylic acids is 2. The lowest BCUT2D eigenvalue weighted by atomic mass is 9.96. The quantitative estimate of drug-likeness (QED) is 0.836. The summed E-state index contributed by atoms with van der Waals surface area (Å²) in [6.45, 7) is 2.69. The Hall–Kier alpha value is -1.96. The molecule has 0 spiro atoms. The van der Waals surface area contributed by atoms with Crippen LogP contribution in [-0.4, -0.2) is 58.3 Å². The van der Waals surface area contributed by atoms with Crippen LogP contribution in [0.25, 0.3) is 0 Å². The number of aryl methyl sites for hydroxylation is 1. The Bertz CT molecular complexity index is 607. The number of methoxy groups -OCH3 is 1. The van der Waals surface area contributed by atoms with Crippen LogP contribution in [0.1, 0.15) is 43.8 Å². The number of nitrogens with one attached hydrogen (secondary N) is 1. The monoisotopic (exact) mass is 349 g/mol. The van der Waals surface area contributed by atoms with Crippen molar-refractivity contribution in [2.75, 3.05) is 26.8 Å². The molecule has 3 rings (SSSR count). The fourth-order valence-electron chi connectivity index (χ4n) is 3.59. The second-order valence-corrected chi connectivity index (χ2v) is 6.80. The lowest BCUT2D eigenvalue weighted by Gasteiger charge is -2.31. The van der Waals surface area contributed by atoms with E-state index in [1.165, 1.54) is 13.5 Å². The van der Waals surface area contributed by atoms with Gasteiger partial charge < -0.3 is 19.5 Å². The number of amides is 2. The molecule has 0 unspecified atom stereocenters. The average molecular weight is 349 g/mol. The molecular weight excluding hydrogens is 322 g/mol. The van der Waals surface area contributed by atoms with Gasteiger partial charge in [-0.25, -0.2) is 0 Å². The zero-order valence-electron chi connectivity index (χ0n) is 14.9. The van der Waals surface area contributed by atoms with Crippen molar-refractivity contribution < 1.29 is 14.3 Å². The molecule has 2 aliphatic heterocycles. The first-order valence-electron chi connectivity index (χ1n) is 9.14. The summed E-state index contributed by atoms with van der Waals surface area (Å²) in [7, 11) is 1.52. The van der Waals surface area contributed by atoms with E-state index in [-0.39, 0.29) is 24.3 Å². The maximum atomic E-state index is 12.4. The summed E-state index contributed by atoms with van der Waals surface area (Å²) in [5.41, 5.74) is 0. The molecule has 2 amide bonds. The number of likely N-dealkylation sites (tertiary alicyclic amines) is 1. The van der Waals surface area contributed by atoms with Crippen molar-refractivity contribution >= 4 is 11.8 Å². The van der Waals surface area contributed by atoms with Crippen LogP contribution in [0.2, 0.25) is 0 Å². The predicted octanol–water partition coefficient (Wildman–Crippen LogP) is 0.506. The van der Waals surface area contributed by atoms with E-state index in [1.54, 1.807) is 4.90 Å². The highest BCUT2D eigenvalue weighted by Gasteiger charge is 2.27. The summed E-state index contributed by atoms with van der Waals surface area (Å²) < 4.78 is 7.03. The Balaban J connectivity index is 1.48. The van der Waals surface area contributed by atoms with E-state index in [1.807, 2.05) is 0 Å². The molecule has 0 atom stereocenters. The lowest BCUT2D eigenvalue weighted by molar-refractivity contribution is -0.138. The molecule has 3 heterocycles. The molecular formula is C17H27N5O3. The smallest absolute Gasteiger partial charge is 0.248 e. The molecule has 1 aromatic rings. The molecule has 2 aliphatic rings. The maximum absolute atomic E-state index is 12.4. The van der Waals surface area contributed by atoms with Crippen LogP contribution in [0.15, 0.2) is 0 Å². The number of nitrogens with zero attached hydrogens (tertiary/aromatic N) is 4. The molecule has 138 valence electrons. The molecule has 0 aromatic carbocycles. The number of hydrogen-bond acceptors (Lipinski definition) is 5. The van der Waals surface area contributed by atoms with Gasteiger partial charge in [0.15, 0.2) is 5.82 Å². The van der Waals surface area contributed by atoms with E-state index < -0.39 is 0 Å². The zero-order chi connectivity index (χ0) is 17.6. The van der Waals surface area contributed by atoms with Gasteiger partial charge in [-0.05, 0) is 25.7 Å². The van der Waals surface area contributed by atoms with Crippen molar-refractivity contribution in [1.29, 1.82) is 0 Å². The van der Waals surface area contributed by atoms with Crippen molar-refractivity contribution in [2.45, 2.75) is 51.6 Å². The summed E-state index contributed by atoms with van der Waals surface area (Å²) in [5.74, 6) is 1.88. The van der Waals surface area contributed by atoms with E-state index in [9.17, 15) is 9.59 Å². The third-order valence-corrected chi connectivity index (χ3v) is 5.09. The Kier molecular flexibility index (Phi) is 6.01. The van der Waals surface area contributed by atoms with E-state index in [0.29, 0.717) is 32.5 Å². The molecule has 0 bridgehead atoms. The summed E-state index contributed by atoms with van der Waals surface area (Å²) >= 11 is 0. The minimum atomic E-state index is -0.0434. The number of rotatable bonds is 5. The minimum absolute atomic E-state index is 0.00693. The Labute approximate surface area is 147 Å². The molecule has 1 fully saturated rings. The van der Waals surface area contributed by atoms with E-state index in [4.69, 9.17) is 4.74 Å². The van der Waals surface area contributed by atoms with Gasteiger partial charge in [0.05, 0.1) is 6.54 Å². The fourth-order valence-corrected chi connectivity index (χ4v) is 3.59. The van der Waals surface area contributed by atoms with Crippen LogP contribution in [0, 0.1) is 5.92 Å². The first kappa shape index (κ1) is 17.8. The molecule has 1 aromatic heterocycles. The normalized spacial score (nSPS) is 18.5. The van der Waals surface area contributed by atoms with Crippen LogP contribution in [0.4, 0.5) is 0 Å². The van der Waals surface area contributed by atoms with E-state index in [2.05, 4.69) is 20.1 Å². The molecule has 8 nitrogen and oxygen atoms in total. The standard InChI is InChI=1S/C17H27N5O3/c1-25-12-16(23)21-9-6-13(7-10-21)17(24)18-11-15-20-19-14-5-3-2-4-8-22(14)15/h13H,2-12H2,1H3,(H,18,24). The highest BCUT2D eigenvalue weighted by molar-refractivity contribution is 5.80. The summed E-state index contributed by atoms with van der Waals surface area (Å²) in [4.78, 5) is 26.0. The second-order valence-electron chi connectivity index (χ2n) is 6.80. The summed E-state index contributed by atoms with van der Waals surface area (Å²) in [6.07, 6.45) is 5.87. The Morgan fingerprint density at radius 1 is 1.16 bits per heavy atom. The molecule has 0 aliphatic carbocycles. The van der Waals surface area contributed by atoms with Gasteiger partial charge in [0.2, 0.25) is 11.8 Å². The fraction of sp³-hybridized carbons (Fsp3) is 0.765. The lowest BCUT2D eigenvalue weighted by Crippen LogP contribution is -2.44. The van der Waals surface area contributed by atoms with Gasteiger partial charge in [-0.1, -0.05) is 6.42 Å². The highest BCUT2D eigenvalue weighted by atomic mass is 16.5. The Morgan fingerprint density at radius 2 is 1.96 bits per heavy atom. The van der Waals surface area contributed by atoms with Crippen LogP contribution in [0.3, 0.4) is 0 Å². The number of aromatic nitrogens is 3. The van der Waals surface area contributed by atoms with Crippen LogP contribution in [0.5, 0.6) is 0 Å². The molecule has 0 radical (unpaired) electrons. The Morgan fingerprint density at radius 3 is 2.72 bits per heavy atom. The van der Waals surface area contributed by atoms with Gasteiger partial charge in [0.25, 0.3) is 0 Å². The number of ether oxygens (including phenoxy) is 1. The topological polar surface area (TPSA) is 89.3 Å². The minimum Gasteiger partial charge on any atom is -0.375 e. The molecule has 0 saturated carbocycles. The zero-order valence-corrected chi connectivity index (χ0v) is 14.9. The van der Waals surface area contributed by atoms with Crippen molar-refractivity contribution in [1.82, 2.24) is 25.0 Å². The molecule has 8 heteroatoms. The highest BCUT2D eigenvalue weighted by Crippen LogP contribution is 2.18. The largest absolute Gasteiger partial charge is 0.375 e. The van der Waals surface area contributed by atoms with Crippen molar-refractivity contribution in [2.24, 2.45) is 5.92 Å². The van der Waals surface area contributed by atoms with Gasteiger partial charge in [-0.3, -0.25) is 9.59 Å². The van der Waals surface area contributed by atoms with Crippen molar-refractivity contribution in [3.05, 3.63) is 11.6 Å². The van der Waals surface area contributed by atoms with Gasteiger partial charge in [-0.2, -0.15) is 0 Å².